The van der Waals surface area contributed by atoms with Crippen LogP contribution in [0.4, 0.5) is 0 Å². The van der Waals surface area contributed by atoms with E-state index in [1.54, 1.807) is 7.11 Å². The Bertz CT molecular complexity index is 862. The first-order valence-corrected chi connectivity index (χ1v) is 8.16. The van der Waals surface area contributed by atoms with Gasteiger partial charge in [-0.1, -0.05) is 6.92 Å². The molecule has 0 unspecified atom stereocenters. The summed E-state index contributed by atoms with van der Waals surface area (Å²) in [4.78, 5) is 9.09. The molecule has 3 rings (SSSR count). The Labute approximate surface area is 142 Å². The van der Waals surface area contributed by atoms with Crippen molar-refractivity contribution in [3.8, 4) is 17.2 Å². The Morgan fingerprint density at radius 3 is 2.67 bits per heavy atom. The molecule has 3 aromatic rings. The smallest absolute Gasteiger partial charge is 0.226 e. The van der Waals surface area contributed by atoms with E-state index >= 15 is 0 Å². The fraction of sp³-hybridized carbons (Fsp3) is 0.368. The second kappa shape index (κ2) is 6.51. The molecule has 126 valence electrons. The van der Waals surface area contributed by atoms with E-state index in [0.717, 1.165) is 46.1 Å². The van der Waals surface area contributed by atoms with Gasteiger partial charge in [0.1, 0.15) is 23.0 Å². The van der Waals surface area contributed by atoms with Crippen LogP contribution in [0.1, 0.15) is 35.3 Å². The maximum Gasteiger partial charge on any atom is 0.226 e. The first-order valence-electron chi connectivity index (χ1n) is 8.16. The molecule has 0 bridgehead atoms. The summed E-state index contributed by atoms with van der Waals surface area (Å²) in [6.07, 6.45) is 4.70. The second-order valence-corrected chi connectivity index (χ2v) is 5.91. The molecule has 0 saturated carbocycles. The summed E-state index contributed by atoms with van der Waals surface area (Å²) in [6, 6.07) is 3.97. The lowest BCUT2D eigenvalue weighted by Crippen LogP contribution is -2.04. The molecular weight excluding hydrogens is 302 g/mol. The first kappa shape index (κ1) is 16.3. The Kier molecular flexibility index (Phi) is 4.42. The number of imidazole rings is 1. The highest BCUT2D eigenvalue weighted by Crippen LogP contribution is 2.31. The topological polar surface area (TPSA) is 53.1 Å². The summed E-state index contributed by atoms with van der Waals surface area (Å²) in [5.74, 6) is 3.43. The summed E-state index contributed by atoms with van der Waals surface area (Å²) in [7, 11) is 1.69. The minimum absolute atomic E-state index is 0.656. The zero-order valence-corrected chi connectivity index (χ0v) is 14.9. The van der Waals surface area contributed by atoms with Crippen LogP contribution in [0.5, 0.6) is 5.75 Å². The Morgan fingerprint density at radius 1 is 1.17 bits per heavy atom. The molecule has 0 fully saturated rings. The van der Waals surface area contributed by atoms with Gasteiger partial charge < -0.3 is 13.7 Å². The van der Waals surface area contributed by atoms with Crippen molar-refractivity contribution >= 4 is 0 Å². The molecule has 2 heterocycles. The normalized spacial score (nSPS) is 11.0. The molecule has 0 amide bonds. The molecule has 2 aromatic heterocycles. The molecule has 0 radical (unpaired) electrons. The number of ether oxygens (including phenoxy) is 1. The molecule has 5 heteroatoms. The quantitative estimate of drug-likeness (QED) is 0.709. The fourth-order valence-electron chi connectivity index (χ4n) is 2.90. The number of hydrogen-bond donors (Lipinski definition) is 0. The Balaban J connectivity index is 1.96. The highest BCUT2D eigenvalue weighted by molar-refractivity contribution is 5.63. The minimum Gasteiger partial charge on any atom is -0.496 e. The third-order valence-corrected chi connectivity index (χ3v) is 4.52. The van der Waals surface area contributed by atoms with Crippen molar-refractivity contribution in [1.29, 1.82) is 0 Å². The summed E-state index contributed by atoms with van der Waals surface area (Å²) >= 11 is 0. The Morgan fingerprint density at radius 2 is 1.96 bits per heavy atom. The van der Waals surface area contributed by atoms with E-state index in [1.807, 2.05) is 38.4 Å². The monoisotopic (exact) mass is 325 g/mol. The van der Waals surface area contributed by atoms with E-state index in [2.05, 4.69) is 23.4 Å². The van der Waals surface area contributed by atoms with Crippen molar-refractivity contribution in [2.45, 2.75) is 40.7 Å². The van der Waals surface area contributed by atoms with Gasteiger partial charge in [-0.15, -0.1) is 0 Å². The number of hydrogen-bond acceptors (Lipinski definition) is 4. The molecule has 0 aliphatic carbocycles. The van der Waals surface area contributed by atoms with E-state index in [9.17, 15) is 0 Å². The molecule has 0 spiro atoms. The van der Waals surface area contributed by atoms with Gasteiger partial charge in [0.15, 0.2) is 0 Å². The lowest BCUT2D eigenvalue weighted by atomic mass is 10.0. The van der Waals surface area contributed by atoms with Crippen LogP contribution in [0.3, 0.4) is 0 Å². The molecule has 5 nitrogen and oxygen atoms in total. The minimum atomic E-state index is 0.656. The van der Waals surface area contributed by atoms with Crippen LogP contribution in [0.25, 0.3) is 11.5 Å². The van der Waals surface area contributed by atoms with Crippen molar-refractivity contribution in [2.75, 3.05) is 7.11 Å². The van der Waals surface area contributed by atoms with Crippen LogP contribution in [0.2, 0.25) is 0 Å². The predicted molar refractivity (Wildman–Crippen MR) is 93.4 cm³/mol. The van der Waals surface area contributed by atoms with E-state index < -0.39 is 0 Å². The van der Waals surface area contributed by atoms with Crippen molar-refractivity contribution in [2.24, 2.45) is 0 Å². The average Bonchev–Trinajstić information content (AvgIpc) is 3.17. The predicted octanol–water partition coefficient (Wildman–Crippen LogP) is 4.08. The van der Waals surface area contributed by atoms with E-state index in [1.165, 1.54) is 0 Å². The standard InChI is InChI=1S/C19H23N3O2/c1-6-18-20-9-10-22(18)11-16-14(4)24-19(21-16)15-7-8-17(23-5)13(3)12(15)2/h7-10H,6,11H2,1-5H3. The number of aromatic nitrogens is 3. The van der Waals surface area contributed by atoms with Gasteiger partial charge in [-0.3, -0.25) is 0 Å². The molecule has 0 aliphatic rings. The highest BCUT2D eigenvalue weighted by Gasteiger charge is 2.16. The zero-order chi connectivity index (χ0) is 17.3. The van der Waals surface area contributed by atoms with Crippen molar-refractivity contribution in [3.63, 3.8) is 0 Å². The number of aryl methyl sites for hydroxylation is 2. The third kappa shape index (κ3) is 2.82. The number of nitrogens with zero attached hydrogens (tertiary/aromatic N) is 3. The van der Waals surface area contributed by atoms with Crippen molar-refractivity contribution in [3.05, 3.63) is 52.9 Å². The summed E-state index contributed by atoms with van der Waals surface area (Å²) in [6.45, 7) is 8.85. The van der Waals surface area contributed by atoms with E-state index in [-0.39, 0.29) is 0 Å². The van der Waals surface area contributed by atoms with Crippen molar-refractivity contribution < 1.29 is 9.15 Å². The van der Waals surface area contributed by atoms with Crippen LogP contribution in [0, 0.1) is 20.8 Å². The highest BCUT2D eigenvalue weighted by atomic mass is 16.5. The van der Waals surface area contributed by atoms with Crippen LogP contribution < -0.4 is 4.74 Å². The number of oxazole rings is 1. The molecular formula is C19H23N3O2. The lowest BCUT2D eigenvalue weighted by Gasteiger charge is -2.10. The Hall–Kier alpha value is -2.56. The average molecular weight is 325 g/mol. The maximum atomic E-state index is 5.95. The molecule has 0 aliphatic heterocycles. The van der Waals surface area contributed by atoms with Crippen LogP contribution in [0.15, 0.2) is 28.9 Å². The fourth-order valence-corrected chi connectivity index (χ4v) is 2.90. The summed E-state index contributed by atoms with van der Waals surface area (Å²) in [5, 5.41) is 0. The van der Waals surface area contributed by atoms with Gasteiger partial charge in [-0.05, 0) is 44.0 Å². The molecule has 0 N–H and O–H groups in total. The second-order valence-electron chi connectivity index (χ2n) is 5.91. The van der Waals surface area contributed by atoms with E-state index in [4.69, 9.17) is 14.1 Å². The largest absolute Gasteiger partial charge is 0.496 e. The lowest BCUT2D eigenvalue weighted by molar-refractivity contribution is 0.411. The van der Waals surface area contributed by atoms with Gasteiger partial charge in [0, 0.05) is 24.4 Å². The van der Waals surface area contributed by atoms with Crippen molar-refractivity contribution in [1.82, 2.24) is 14.5 Å². The third-order valence-electron chi connectivity index (χ3n) is 4.52. The molecule has 24 heavy (non-hydrogen) atoms. The van der Waals surface area contributed by atoms with Gasteiger partial charge in [-0.2, -0.15) is 0 Å². The number of methoxy groups -OCH3 is 1. The van der Waals surface area contributed by atoms with Crippen LogP contribution in [-0.2, 0) is 13.0 Å². The summed E-state index contributed by atoms with van der Waals surface area (Å²) < 4.78 is 13.4. The maximum absolute atomic E-state index is 5.95. The molecule has 1 aromatic carbocycles. The van der Waals surface area contributed by atoms with E-state index in [0.29, 0.717) is 12.4 Å². The first-order chi connectivity index (χ1) is 11.5. The number of rotatable bonds is 5. The number of benzene rings is 1. The molecule has 0 saturated heterocycles. The summed E-state index contributed by atoms with van der Waals surface area (Å²) in [5.41, 5.74) is 4.17. The zero-order valence-electron chi connectivity index (χ0n) is 14.9. The van der Waals surface area contributed by atoms with Crippen LogP contribution >= 0.6 is 0 Å². The van der Waals surface area contributed by atoms with Gasteiger partial charge >= 0.3 is 0 Å². The van der Waals surface area contributed by atoms with Gasteiger partial charge in [-0.25, -0.2) is 9.97 Å². The van der Waals surface area contributed by atoms with Gasteiger partial charge in [0.25, 0.3) is 0 Å². The SMILES string of the molecule is CCc1nccn1Cc1nc(-c2ccc(OC)c(C)c2C)oc1C. The van der Waals surface area contributed by atoms with Crippen LogP contribution in [-0.4, -0.2) is 21.6 Å². The van der Waals surface area contributed by atoms with Gasteiger partial charge in [0.2, 0.25) is 5.89 Å². The molecule has 0 atom stereocenters. The van der Waals surface area contributed by atoms with Gasteiger partial charge in [0.05, 0.1) is 13.7 Å².